The van der Waals surface area contributed by atoms with Gasteiger partial charge in [0.1, 0.15) is 5.82 Å². The van der Waals surface area contributed by atoms with Crippen LogP contribution in [0.5, 0.6) is 0 Å². The topological polar surface area (TPSA) is 12.9 Å². The highest BCUT2D eigenvalue weighted by Gasteiger charge is 2.18. The number of alkyl halides is 1. The quantitative estimate of drug-likeness (QED) is 0.334. The van der Waals surface area contributed by atoms with Gasteiger partial charge in [0, 0.05) is 21.9 Å². The summed E-state index contributed by atoms with van der Waals surface area (Å²) in [6, 6.07) is 22.3. The number of hydrogen-bond acceptors (Lipinski definition) is 1. The SMILES string of the molecule is Fc1ccc(-c2nc3ccc(Cl)cc3c(-c3ccccc3)c2CCCl)cc1. The highest BCUT2D eigenvalue weighted by molar-refractivity contribution is 6.31. The van der Waals surface area contributed by atoms with E-state index >= 15 is 0 Å². The minimum absolute atomic E-state index is 0.270. The summed E-state index contributed by atoms with van der Waals surface area (Å²) < 4.78 is 13.4. The van der Waals surface area contributed by atoms with Gasteiger partial charge in [0.2, 0.25) is 0 Å². The molecule has 0 aliphatic heterocycles. The molecule has 3 aromatic carbocycles. The van der Waals surface area contributed by atoms with Gasteiger partial charge in [-0.2, -0.15) is 0 Å². The Morgan fingerprint density at radius 1 is 0.852 bits per heavy atom. The lowest BCUT2D eigenvalue weighted by atomic mass is 9.90. The zero-order chi connectivity index (χ0) is 18.8. The maximum absolute atomic E-state index is 13.4. The standard InChI is InChI=1S/C23H16Cl2FN/c24-13-12-19-22(15-4-2-1-3-5-15)20-14-17(25)8-11-21(20)27-23(19)16-6-9-18(26)10-7-16/h1-11,14H,12-13H2. The van der Waals surface area contributed by atoms with Crippen molar-refractivity contribution >= 4 is 34.1 Å². The first kappa shape index (κ1) is 18.0. The van der Waals surface area contributed by atoms with E-state index in [2.05, 4.69) is 12.1 Å². The maximum Gasteiger partial charge on any atom is 0.123 e. The van der Waals surface area contributed by atoms with Gasteiger partial charge in [-0.05, 0) is 65.6 Å². The fraction of sp³-hybridized carbons (Fsp3) is 0.0870. The van der Waals surface area contributed by atoms with Crippen molar-refractivity contribution < 1.29 is 4.39 Å². The Morgan fingerprint density at radius 3 is 2.30 bits per heavy atom. The summed E-state index contributed by atoms with van der Waals surface area (Å²) in [5, 5.41) is 1.65. The molecular weight excluding hydrogens is 380 g/mol. The molecule has 0 spiro atoms. The van der Waals surface area contributed by atoms with Crippen LogP contribution in [-0.4, -0.2) is 10.9 Å². The molecule has 4 rings (SSSR count). The number of pyridine rings is 1. The maximum atomic E-state index is 13.4. The van der Waals surface area contributed by atoms with E-state index in [4.69, 9.17) is 28.2 Å². The van der Waals surface area contributed by atoms with Crippen LogP contribution in [0.2, 0.25) is 5.02 Å². The number of hydrogen-bond donors (Lipinski definition) is 0. The van der Waals surface area contributed by atoms with Gasteiger partial charge >= 0.3 is 0 Å². The molecule has 0 amide bonds. The molecule has 0 N–H and O–H groups in total. The molecule has 4 heteroatoms. The number of rotatable bonds is 4. The molecule has 0 atom stereocenters. The Labute approximate surface area is 167 Å². The number of halogens is 3. The lowest BCUT2D eigenvalue weighted by Crippen LogP contribution is -2.01. The second-order valence-corrected chi connectivity index (χ2v) is 7.10. The van der Waals surface area contributed by atoms with E-state index in [1.807, 2.05) is 36.4 Å². The molecule has 0 saturated carbocycles. The summed E-state index contributed by atoms with van der Waals surface area (Å²) in [5.41, 5.74) is 5.72. The second-order valence-electron chi connectivity index (χ2n) is 6.29. The van der Waals surface area contributed by atoms with Crippen LogP contribution in [0.25, 0.3) is 33.3 Å². The van der Waals surface area contributed by atoms with Crippen molar-refractivity contribution in [1.82, 2.24) is 4.98 Å². The Kier molecular flexibility index (Phi) is 5.11. The molecule has 0 saturated heterocycles. The van der Waals surface area contributed by atoms with Crippen LogP contribution >= 0.6 is 23.2 Å². The van der Waals surface area contributed by atoms with Crippen molar-refractivity contribution in [1.29, 1.82) is 0 Å². The van der Waals surface area contributed by atoms with Crippen molar-refractivity contribution in [3.8, 4) is 22.4 Å². The van der Waals surface area contributed by atoms with Gasteiger partial charge in [-0.25, -0.2) is 9.37 Å². The third-order valence-corrected chi connectivity index (χ3v) is 5.00. The van der Waals surface area contributed by atoms with E-state index < -0.39 is 0 Å². The Hall–Kier alpha value is -2.42. The fourth-order valence-corrected chi connectivity index (χ4v) is 3.75. The number of benzene rings is 3. The predicted octanol–water partition coefficient (Wildman–Crippen LogP) is 7.14. The van der Waals surface area contributed by atoms with Gasteiger partial charge in [-0.3, -0.25) is 0 Å². The fourth-order valence-electron chi connectivity index (χ4n) is 3.39. The van der Waals surface area contributed by atoms with Crippen LogP contribution < -0.4 is 0 Å². The smallest absolute Gasteiger partial charge is 0.123 e. The molecule has 0 fully saturated rings. The summed E-state index contributed by atoms with van der Waals surface area (Å²) in [6.45, 7) is 0. The van der Waals surface area contributed by atoms with Crippen molar-refractivity contribution in [3.05, 3.63) is 89.2 Å². The molecular formula is C23H16Cl2FN. The molecule has 134 valence electrons. The molecule has 0 aliphatic rings. The van der Waals surface area contributed by atoms with E-state index in [0.717, 1.165) is 38.9 Å². The van der Waals surface area contributed by atoms with Gasteiger partial charge in [-0.1, -0.05) is 41.9 Å². The van der Waals surface area contributed by atoms with Gasteiger partial charge in [0.15, 0.2) is 0 Å². The zero-order valence-corrected chi connectivity index (χ0v) is 15.9. The first-order chi connectivity index (χ1) is 13.2. The van der Waals surface area contributed by atoms with E-state index in [1.165, 1.54) is 12.1 Å². The van der Waals surface area contributed by atoms with Crippen LogP contribution in [0.4, 0.5) is 4.39 Å². The molecule has 1 nitrogen and oxygen atoms in total. The minimum atomic E-state index is -0.270. The van der Waals surface area contributed by atoms with Gasteiger partial charge in [-0.15, -0.1) is 11.6 Å². The first-order valence-electron chi connectivity index (χ1n) is 8.67. The van der Waals surface area contributed by atoms with E-state index in [0.29, 0.717) is 17.3 Å². The van der Waals surface area contributed by atoms with Gasteiger partial charge in [0.05, 0.1) is 11.2 Å². The van der Waals surface area contributed by atoms with E-state index in [1.54, 1.807) is 12.1 Å². The number of fused-ring (bicyclic) bond motifs is 1. The third kappa shape index (κ3) is 3.55. The normalized spacial score (nSPS) is 11.1. The molecule has 0 unspecified atom stereocenters. The summed E-state index contributed by atoms with van der Waals surface area (Å²) in [7, 11) is 0. The predicted molar refractivity (Wildman–Crippen MR) is 112 cm³/mol. The third-order valence-electron chi connectivity index (χ3n) is 4.57. The lowest BCUT2D eigenvalue weighted by Gasteiger charge is -2.17. The van der Waals surface area contributed by atoms with Crippen LogP contribution in [0, 0.1) is 5.82 Å². The minimum Gasteiger partial charge on any atom is -0.247 e. The lowest BCUT2D eigenvalue weighted by molar-refractivity contribution is 0.628. The molecule has 0 bridgehead atoms. The Balaban J connectivity index is 2.11. The second kappa shape index (κ2) is 7.67. The number of aromatic nitrogens is 1. The van der Waals surface area contributed by atoms with Crippen molar-refractivity contribution in [2.45, 2.75) is 6.42 Å². The monoisotopic (exact) mass is 395 g/mol. The zero-order valence-electron chi connectivity index (χ0n) is 14.4. The molecule has 1 aromatic heterocycles. The Bertz CT molecular complexity index is 1090. The summed E-state index contributed by atoms with van der Waals surface area (Å²) in [5.74, 6) is 0.190. The molecule has 0 aliphatic carbocycles. The van der Waals surface area contributed by atoms with Crippen LogP contribution in [-0.2, 0) is 6.42 Å². The van der Waals surface area contributed by atoms with Crippen LogP contribution in [0.15, 0.2) is 72.8 Å². The largest absolute Gasteiger partial charge is 0.247 e. The molecule has 27 heavy (non-hydrogen) atoms. The summed E-state index contributed by atoms with van der Waals surface area (Å²) in [4.78, 5) is 4.88. The first-order valence-corrected chi connectivity index (χ1v) is 9.58. The van der Waals surface area contributed by atoms with E-state index in [-0.39, 0.29) is 5.82 Å². The van der Waals surface area contributed by atoms with Gasteiger partial charge in [0.25, 0.3) is 0 Å². The summed E-state index contributed by atoms with van der Waals surface area (Å²) in [6.07, 6.45) is 0.647. The van der Waals surface area contributed by atoms with E-state index in [9.17, 15) is 4.39 Å². The molecule has 1 heterocycles. The summed E-state index contributed by atoms with van der Waals surface area (Å²) >= 11 is 12.4. The Morgan fingerprint density at radius 2 is 1.59 bits per heavy atom. The number of nitrogens with zero attached hydrogens (tertiary/aromatic N) is 1. The van der Waals surface area contributed by atoms with Crippen molar-refractivity contribution in [3.63, 3.8) is 0 Å². The molecule has 0 radical (unpaired) electrons. The average Bonchev–Trinajstić information content (AvgIpc) is 2.69. The highest BCUT2D eigenvalue weighted by atomic mass is 35.5. The molecule has 4 aromatic rings. The van der Waals surface area contributed by atoms with Crippen LogP contribution in [0.3, 0.4) is 0 Å². The van der Waals surface area contributed by atoms with Crippen molar-refractivity contribution in [2.75, 3.05) is 5.88 Å². The van der Waals surface area contributed by atoms with Crippen LogP contribution in [0.1, 0.15) is 5.56 Å². The van der Waals surface area contributed by atoms with Gasteiger partial charge < -0.3 is 0 Å². The highest BCUT2D eigenvalue weighted by Crippen LogP contribution is 2.38. The average molecular weight is 396 g/mol. The van der Waals surface area contributed by atoms with Crippen molar-refractivity contribution in [2.24, 2.45) is 0 Å².